The maximum atomic E-state index is 5.52. The lowest BCUT2D eigenvalue weighted by atomic mass is 10.6. The zero-order valence-electron chi connectivity index (χ0n) is 6.90. The lowest BCUT2D eigenvalue weighted by molar-refractivity contribution is -0.648. The molecular weight excluding hydrogens is 180 g/mol. The van der Waals surface area contributed by atoms with Crippen LogP contribution in [0, 0.1) is 0 Å². The number of rotatable bonds is 3. The maximum Gasteiger partial charge on any atom is 0.329 e. The van der Waals surface area contributed by atoms with Crippen LogP contribution < -0.4 is 28.8 Å². The third kappa shape index (κ3) is 2.28. The summed E-state index contributed by atoms with van der Waals surface area (Å²) in [5, 5.41) is 0. The van der Waals surface area contributed by atoms with Gasteiger partial charge in [0.05, 0.1) is 0 Å². The standard InChI is InChI=1S/C6H13N4O.ClH/c1-2-11-5-6-9(7)3-4-10(6)8;/h3-4H,2,5,7-8H2,1H3;1H/q+1;/p-1. The first-order valence-electron chi connectivity index (χ1n) is 3.45. The molecule has 1 aromatic heterocycles. The minimum Gasteiger partial charge on any atom is -1.00 e. The average molecular weight is 193 g/mol. The van der Waals surface area contributed by atoms with Crippen molar-refractivity contribution in [1.82, 2.24) is 4.68 Å². The van der Waals surface area contributed by atoms with E-state index in [1.165, 1.54) is 9.35 Å². The fourth-order valence-electron chi connectivity index (χ4n) is 0.791. The summed E-state index contributed by atoms with van der Waals surface area (Å²) < 4.78 is 8.02. The van der Waals surface area contributed by atoms with Gasteiger partial charge in [-0.05, 0) is 6.92 Å². The van der Waals surface area contributed by atoms with Crippen LogP contribution in [-0.2, 0) is 11.3 Å². The Morgan fingerprint density at radius 2 is 2.33 bits per heavy atom. The van der Waals surface area contributed by atoms with Crippen LogP contribution in [0.25, 0.3) is 0 Å². The number of hydrogen-bond acceptors (Lipinski definition) is 3. The molecule has 0 aliphatic heterocycles. The molecule has 70 valence electrons. The van der Waals surface area contributed by atoms with Crippen molar-refractivity contribution in [3.63, 3.8) is 0 Å². The zero-order chi connectivity index (χ0) is 8.27. The Morgan fingerprint density at radius 3 is 2.75 bits per heavy atom. The Labute approximate surface area is 77.3 Å². The molecule has 0 radical (unpaired) electrons. The largest absolute Gasteiger partial charge is 1.00 e. The Kier molecular flexibility index (Phi) is 4.46. The molecular formula is C6H13ClN4O. The van der Waals surface area contributed by atoms with Gasteiger partial charge in [-0.15, -0.1) is 9.35 Å². The van der Waals surface area contributed by atoms with Crippen molar-refractivity contribution in [1.29, 1.82) is 0 Å². The molecule has 4 N–H and O–H groups in total. The summed E-state index contributed by atoms with van der Waals surface area (Å²) in [6.07, 6.45) is 3.35. The molecule has 0 spiro atoms. The third-order valence-electron chi connectivity index (χ3n) is 1.42. The Balaban J connectivity index is 0.00000121. The molecule has 0 unspecified atom stereocenters. The van der Waals surface area contributed by atoms with Crippen molar-refractivity contribution in [3.05, 3.63) is 18.2 Å². The second kappa shape index (κ2) is 4.84. The molecule has 6 heteroatoms. The Morgan fingerprint density at radius 1 is 1.67 bits per heavy atom. The number of aromatic nitrogens is 2. The molecule has 0 aromatic carbocycles. The molecule has 0 amide bonds. The number of ether oxygens (including phenoxy) is 1. The second-order valence-electron chi connectivity index (χ2n) is 2.17. The van der Waals surface area contributed by atoms with Gasteiger partial charge in [-0.1, -0.05) is 0 Å². The summed E-state index contributed by atoms with van der Waals surface area (Å²) in [5.74, 6) is 11.8. The lowest BCUT2D eigenvalue weighted by Crippen LogP contribution is -3.00. The number of nitrogens with zero attached hydrogens (tertiary/aromatic N) is 2. The van der Waals surface area contributed by atoms with E-state index in [1.807, 2.05) is 6.92 Å². The zero-order valence-corrected chi connectivity index (χ0v) is 7.66. The average Bonchev–Trinajstić information content (AvgIpc) is 2.29. The Hall–Kier alpha value is -0.940. The van der Waals surface area contributed by atoms with Crippen molar-refractivity contribution in [2.24, 2.45) is 0 Å². The molecule has 0 saturated carbocycles. The van der Waals surface area contributed by atoms with Crippen LogP contribution in [0.2, 0.25) is 0 Å². The fraction of sp³-hybridized carbons (Fsp3) is 0.500. The predicted molar refractivity (Wildman–Crippen MR) is 40.3 cm³/mol. The van der Waals surface area contributed by atoms with E-state index in [4.69, 9.17) is 16.4 Å². The van der Waals surface area contributed by atoms with Crippen molar-refractivity contribution < 1.29 is 21.8 Å². The molecule has 0 aliphatic rings. The van der Waals surface area contributed by atoms with Gasteiger partial charge in [-0.25, -0.2) is 0 Å². The first kappa shape index (κ1) is 11.1. The van der Waals surface area contributed by atoms with E-state index in [1.54, 1.807) is 12.4 Å². The SMILES string of the molecule is CCOCc1n(N)cc[n+]1N.[Cl-]. The summed E-state index contributed by atoms with van der Waals surface area (Å²) in [4.78, 5) is 0. The maximum absolute atomic E-state index is 5.52. The van der Waals surface area contributed by atoms with Gasteiger partial charge in [-0.3, -0.25) is 11.7 Å². The number of halogens is 1. The predicted octanol–water partition coefficient (Wildman–Crippen LogP) is -4.26. The molecule has 0 bridgehead atoms. The molecule has 1 heterocycles. The van der Waals surface area contributed by atoms with Crippen LogP contribution in [0.1, 0.15) is 12.7 Å². The smallest absolute Gasteiger partial charge is 0.329 e. The van der Waals surface area contributed by atoms with Crippen molar-refractivity contribution >= 4 is 0 Å². The van der Waals surface area contributed by atoms with Gasteiger partial charge in [0, 0.05) is 6.61 Å². The minimum atomic E-state index is 0. The fourth-order valence-corrected chi connectivity index (χ4v) is 0.791. The van der Waals surface area contributed by atoms with E-state index < -0.39 is 0 Å². The van der Waals surface area contributed by atoms with Gasteiger partial charge < -0.3 is 17.1 Å². The molecule has 0 saturated heterocycles. The van der Waals surface area contributed by atoms with Crippen molar-refractivity contribution in [2.45, 2.75) is 13.5 Å². The van der Waals surface area contributed by atoms with Crippen LogP contribution in [0.4, 0.5) is 0 Å². The summed E-state index contributed by atoms with van der Waals surface area (Å²) in [5.41, 5.74) is 0. The molecule has 0 fully saturated rings. The van der Waals surface area contributed by atoms with E-state index in [2.05, 4.69) is 0 Å². The number of hydrogen-bond donors (Lipinski definition) is 2. The summed E-state index contributed by atoms with van der Waals surface area (Å²) in [6, 6.07) is 0. The van der Waals surface area contributed by atoms with E-state index in [0.717, 1.165) is 5.82 Å². The monoisotopic (exact) mass is 192 g/mol. The normalized spacial score (nSPS) is 9.42. The highest BCUT2D eigenvalue weighted by molar-refractivity contribution is 4.80. The van der Waals surface area contributed by atoms with Gasteiger partial charge in [0.25, 0.3) is 0 Å². The highest BCUT2D eigenvalue weighted by Crippen LogP contribution is 1.90. The van der Waals surface area contributed by atoms with Gasteiger partial charge in [0.15, 0.2) is 19.0 Å². The third-order valence-corrected chi connectivity index (χ3v) is 1.42. The first-order valence-corrected chi connectivity index (χ1v) is 3.45. The highest BCUT2D eigenvalue weighted by Gasteiger charge is 2.12. The lowest BCUT2D eigenvalue weighted by Gasteiger charge is -1.96. The number of nitrogens with two attached hydrogens (primary N) is 2. The van der Waals surface area contributed by atoms with Crippen LogP contribution in [0.5, 0.6) is 0 Å². The number of nitrogen functional groups attached to an aromatic ring is 2. The highest BCUT2D eigenvalue weighted by atomic mass is 35.5. The quantitative estimate of drug-likeness (QED) is 0.377. The number of imidazole rings is 1. The van der Waals surface area contributed by atoms with E-state index in [-0.39, 0.29) is 12.4 Å². The minimum absolute atomic E-state index is 0. The van der Waals surface area contributed by atoms with Crippen LogP contribution in [0.3, 0.4) is 0 Å². The molecule has 1 rings (SSSR count). The van der Waals surface area contributed by atoms with Crippen LogP contribution >= 0.6 is 0 Å². The van der Waals surface area contributed by atoms with Gasteiger partial charge in [0.1, 0.15) is 0 Å². The van der Waals surface area contributed by atoms with Crippen LogP contribution in [-0.4, -0.2) is 11.3 Å². The van der Waals surface area contributed by atoms with E-state index in [9.17, 15) is 0 Å². The second-order valence-corrected chi connectivity index (χ2v) is 2.17. The molecule has 0 atom stereocenters. The van der Waals surface area contributed by atoms with Crippen molar-refractivity contribution in [2.75, 3.05) is 18.3 Å². The molecule has 1 aromatic rings. The van der Waals surface area contributed by atoms with Crippen molar-refractivity contribution in [3.8, 4) is 0 Å². The van der Waals surface area contributed by atoms with Crippen LogP contribution in [0.15, 0.2) is 12.4 Å². The molecule has 12 heavy (non-hydrogen) atoms. The first-order chi connectivity index (χ1) is 5.25. The topological polar surface area (TPSA) is 70.1 Å². The van der Waals surface area contributed by atoms with Gasteiger partial charge in [0.2, 0.25) is 0 Å². The van der Waals surface area contributed by atoms with E-state index in [0.29, 0.717) is 13.2 Å². The molecule has 5 nitrogen and oxygen atoms in total. The van der Waals surface area contributed by atoms with E-state index >= 15 is 0 Å². The molecule has 0 aliphatic carbocycles. The summed E-state index contributed by atoms with van der Waals surface area (Å²) in [6.45, 7) is 3.02. The summed E-state index contributed by atoms with van der Waals surface area (Å²) >= 11 is 0. The van der Waals surface area contributed by atoms with Gasteiger partial charge in [-0.2, -0.15) is 0 Å². The summed E-state index contributed by atoms with van der Waals surface area (Å²) in [7, 11) is 0. The Bertz CT molecular complexity index is 218. The van der Waals surface area contributed by atoms with Gasteiger partial charge >= 0.3 is 5.82 Å².